The molecule has 0 aliphatic carbocycles. The van der Waals surface area contributed by atoms with Gasteiger partial charge in [0.25, 0.3) is 0 Å². The number of rotatable bonds is 20. The summed E-state index contributed by atoms with van der Waals surface area (Å²) >= 11 is 1.12. The molecule has 1 aliphatic rings. The van der Waals surface area contributed by atoms with E-state index in [2.05, 4.69) is 21.3 Å². The van der Waals surface area contributed by atoms with E-state index in [9.17, 15) is 39.0 Å². The van der Waals surface area contributed by atoms with Crippen LogP contribution in [0.2, 0.25) is 0 Å². The van der Waals surface area contributed by atoms with Crippen molar-refractivity contribution in [1.29, 1.82) is 0 Å². The highest BCUT2D eigenvalue weighted by Gasteiger charge is 2.47. The van der Waals surface area contributed by atoms with E-state index in [1.807, 2.05) is 41.5 Å². The summed E-state index contributed by atoms with van der Waals surface area (Å²) in [6.07, 6.45) is 2.03. The van der Waals surface area contributed by atoms with Crippen molar-refractivity contribution in [2.75, 3.05) is 67.9 Å². The zero-order valence-corrected chi connectivity index (χ0v) is 62.0. The van der Waals surface area contributed by atoms with Crippen molar-refractivity contribution < 1.29 is 72.5 Å². The lowest BCUT2D eigenvalue weighted by Gasteiger charge is -2.41. The SMILES string of the molecule is CC=CC[C@@H](C)[C@@H](O)[C@H]1C(=O)N[C@@H](CC)C(=O)N(C)[C@H](CSCCC(=O)OC)C(=O)N(C)[C@@H](CC(C)(C)O)C(=O)N[C@@H](C(C)C)C(=O)N(C)[C@@H](CC(C)C)C(=O)N[C@@H](C)C(=O)N[C@H](C)C(=O)N(C)[C@@H](CC(C)C)C(=O)N(C)[C@@H](CC(C)C)C(=O)N(C)[C@@H](C(C)C)C(=O)N1C. The first-order valence-corrected chi connectivity index (χ1v) is 34.3. The molecule has 1 fully saturated rings. The molecule has 0 aromatic rings. The number of aliphatic hydroxyl groups is 2. The van der Waals surface area contributed by atoms with Gasteiger partial charge >= 0.3 is 5.97 Å². The van der Waals surface area contributed by atoms with Crippen molar-refractivity contribution >= 4 is 82.7 Å². The number of hydrogen-bond acceptors (Lipinski definition) is 16. The molecule has 94 heavy (non-hydrogen) atoms. The van der Waals surface area contributed by atoms with Gasteiger partial charge in [-0.3, -0.25) is 57.5 Å². The second-order valence-electron chi connectivity index (χ2n) is 28.1. The van der Waals surface area contributed by atoms with E-state index >= 15 is 28.8 Å². The maximum absolute atomic E-state index is 15.3. The molecule has 0 aromatic carbocycles. The molecule has 26 nitrogen and oxygen atoms in total. The summed E-state index contributed by atoms with van der Waals surface area (Å²) in [5, 5.41) is 34.5. The van der Waals surface area contributed by atoms with Gasteiger partial charge in [-0.25, -0.2) is 0 Å². The Bertz CT molecular complexity index is 2610. The van der Waals surface area contributed by atoms with E-state index < -0.39 is 173 Å². The molecule has 11 amide bonds. The Hall–Kier alpha value is -6.35. The first-order chi connectivity index (χ1) is 43.4. The maximum Gasteiger partial charge on any atom is 0.306 e. The van der Waals surface area contributed by atoms with Crippen LogP contribution in [0.5, 0.6) is 0 Å². The van der Waals surface area contributed by atoms with Crippen molar-refractivity contribution in [3.8, 4) is 0 Å². The van der Waals surface area contributed by atoms with E-state index in [0.717, 1.165) is 26.5 Å². The van der Waals surface area contributed by atoms with Crippen LogP contribution in [0, 0.1) is 35.5 Å². The molecular weight excluding hydrogens is 1230 g/mol. The summed E-state index contributed by atoms with van der Waals surface area (Å²) in [5.74, 6) is -11.4. The number of thioether (sulfide) groups is 1. The molecule has 1 rings (SSSR count). The van der Waals surface area contributed by atoms with Gasteiger partial charge in [0.2, 0.25) is 65.0 Å². The molecule has 0 aromatic heterocycles. The number of nitrogens with zero attached hydrogens (tertiary/aromatic N) is 7. The van der Waals surface area contributed by atoms with E-state index in [1.165, 1.54) is 104 Å². The van der Waals surface area contributed by atoms with Crippen molar-refractivity contribution in [3.05, 3.63) is 12.2 Å². The lowest BCUT2D eigenvalue weighted by molar-refractivity contribution is -0.157. The third kappa shape index (κ3) is 24.7. The zero-order chi connectivity index (χ0) is 72.9. The highest BCUT2D eigenvalue weighted by molar-refractivity contribution is 7.99. The molecule has 0 saturated carbocycles. The fourth-order valence-electron chi connectivity index (χ4n) is 11.4. The van der Waals surface area contributed by atoms with Crippen LogP contribution in [-0.2, 0) is 62.3 Å². The third-order valence-corrected chi connectivity index (χ3v) is 18.4. The van der Waals surface area contributed by atoms with Gasteiger partial charge in [-0.05, 0) is 102 Å². The zero-order valence-electron chi connectivity index (χ0n) is 61.2. The maximum atomic E-state index is 15.3. The molecule has 538 valence electrons. The summed E-state index contributed by atoms with van der Waals surface area (Å²) in [7, 11) is 10.8. The number of ether oxygens (including phenoxy) is 1. The van der Waals surface area contributed by atoms with E-state index in [4.69, 9.17) is 4.74 Å². The van der Waals surface area contributed by atoms with Crippen LogP contribution >= 0.6 is 11.8 Å². The number of esters is 1. The van der Waals surface area contributed by atoms with Crippen molar-refractivity contribution in [1.82, 2.24) is 55.6 Å². The number of aliphatic hydroxyl groups excluding tert-OH is 1. The molecular formula is C67H119N11O15S. The van der Waals surface area contributed by atoms with Gasteiger partial charge < -0.3 is 70.5 Å². The molecule has 13 atom stereocenters. The normalized spacial score (nSPS) is 26.3. The summed E-state index contributed by atoms with van der Waals surface area (Å²) in [5.41, 5.74) is -1.63. The predicted octanol–water partition coefficient (Wildman–Crippen LogP) is 3.05. The summed E-state index contributed by atoms with van der Waals surface area (Å²) in [4.78, 5) is 184. The van der Waals surface area contributed by atoms with Crippen molar-refractivity contribution in [2.45, 2.75) is 241 Å². The molecule has 6 N–H and O–H groups in total. The Morgan fingerprint density at radius 1 is 0.543 bits per heavy atom. The monoisotopic (exact) mass is 1350 g/mol. The number of methoxy groups -OCH3 is 1. The number of carbonyl (C=O) groups excluding carboxylic acids is 12. The Kier molecular flexibility index (Phi) is 35.5. The van der Waals surface area contributed by atoms with Crippen molar-refractivity contribution in [2.24, 2.45) is 35.5 Å². The molecule has 1 saturated heterocycles. The van der Waals surface area contributed by atoms with Crippen LogP contribution in [0.25, 0.3) is 0 Å². The van der Waals surface area contributed by atoms with Gasteiger partial charge in [-0.2, -0.15) is 11.8 Å². The number of nitrogens with one attached hydrogen (secondary N) is 4. The molecule has 1 heterocycles. The first-order valence-electron chi connectivity index (χ1n) is 33.1. The van der Waals surface area contributed by atoms with Crippen LogP contribution in [0.4, 0.5) is 0 Å². The minimum Gasteiger partial charge on any atom is -0.469 e. The number of amides is 11. The number of allylic oxidation sites excluding steroid dienone is 2. The van der Waals surface area contributed by atoms with Gasteiger partial charge in [-0.15, -0.1) is 0 Å². The fourth-order valence-corrected chi connectivity index (χ4v) is 12.5. The largest absolute Gasteiger partial charge is 0.469 e. The van der Waals surface area contributed by atoms with E-state index in [0.29, 0.717) is 0 Å². The quantitative estimate of drug-likeness (QED) is 0.0580. The van der Waals surface area contributed by atoms with Crippen LogP contribution in [0.3, 0.4) is 0 Å². The molecule has 27 heteroatoms. The van der Waals surface area contributed by atoms with E-state index in [1.54, 1.807) is 60.6 Å². The summed E-state index contributed by atoms with van der Waals surface area (Å²) in [6, 6.07) is -14.8. The topological polar surface area (TPSA) is 325 Å². The molecule has 0 bridgehead atoms. The summed E-state index contributed by atoms with van der Waals surface area (Å²) in [6.45, 7) is 28.6. The van der Waals surface area contributed by atoms with Crippen molar-refractivity contribution in [3.63, 3.8) is 0 Å². The first kappa shape index (κ1) is 85.7. The number of carbonyl (C=O) groups is 12. The number of likely N-dealkylation sites (N-methyl/N-ethyl adjacent to an activating group) is 7. The second kappa shape index (κ2) is 39.0. The lowest BCUT2D eigenvalue weighted by Crippen LogP contribution is -2.64. The molecule has 0 radical (unpaired) electrons. The predicted molar refractivity (Wildman–Crippen MR) is 363 cm³/mol. The third-order valence-electron chi connectivity index (χ3n) is 17.3. The van der Waals surface area contributed by atoms with Gasteiger partial charge in [0.1, 0.15) is 66.5 Å². The number of hydrogen-bond donors (Lipinski definition) is 6. The van der Waals surface area contributed by atoms with Crippen LogP contribution < -0.4 is 21.3 Å². The Morgan fingerprint density at radius 3 is 1.45 bits per heavy atom. The average molecular weight is 1350 g/mol. The van der Waals surface area contributed by atoms with E-state index in [-0.39, 0.29) is 67.8 Å². The molecule has 1 aliphatic heterocycles. The highest BCUT2D eigenvalue weighted by Crippen LogP contribution is 2.27. The lowest BCUT2D eigenvalue weighted by atomic mass is 9.91. The molecule has 0 unspecified atom stereocenters. The van der Waals surface area contributed by atoms with Crippen LogP contribution in [0.15, 0.2) is 12.2 Å². The minimum atomic E-state index is -1.70. The minimum absolute atomic E-state index is 0.0720. The smallest absolute Gasteiger partial charge is 0.306 e. The van der Waals surface area contributed by atoms with Gasteiger partial charge in [0.15, 0.2) is 0 Å². The van der Waals surface area contributed by atoms with Gasteiger partial charge in [0, 0.05) is 67.3 Å². The van der Waals surface area contributed by atoms with Gasteiger partial charge in [0.05, 0.1) is 25.2 Å². The second-order valence-corrected chi connectivity index (χ2v) is 29.2. The standard InChI is InChI=1S/C67H119N11O15S/c1-26-28-29-42(13)55(80)54-59(84)70-45(27-2)61(86)76(22)50(36-94-31-30-51(79)93-25)64(89)75(21)49(35-67(16,17)92)58(83)71-52(40(9)10)65(90)72(18)46(32-37(3)4)57(82)68-43(14)56(81)69-44(15)60(85)73(19)47(33-38(5)6)62(87)74(20)48(34-39(7)8)63(88)77(23)53(41(11)12)66(91)78(54)24/h26,28,37-50,52-55,80,92H,27,29-36H2,1-25H3,(H,68,82)(H,69,81)(H,70,84)(H,71,83)/t42-,43+,44-,45+,46+,47+,48+,49+,50-,52+,53+,54+,55-/m1/s1. The Balaban J connectivity index is 4.58. The molecule has 0 spiro atoms. The average Bonchev–Trinajstić information content (AvgIpc) is 0.830. The van der Waals surface area contributed by atoms with Crippen LogP contribution in [0.1, 0.15) is 163 Å². The van der Waals surface area contributed by atoms with Crippen LogP contribution in [-0.4, -0.2) is 262 Å². The Labute approximate surface area is 564 Å². The highest BCUT2D eigenvalue weighted by atomic mass is 32.2. The summed E-state index contributed by atoms with van der Waals surface area (Å²) < 4.78 is 4.83. The van der Waals surface area contributed by atoms with Gasteiger partial charge in [-0.1, -0.05) is 95.2 Å². The fraction of sp³-hybridized carbons (Fsp3) is 0.791. The Morgan fingerprint density at radius 2 is 0.979 bits per heavy atom.